The summed E-state index contributed by atoms with van der Waals surface area (Å²) < 4.78 is 0. The number of hydrogen-bond acceptors (Lipinski definition) is 2. The normalized spacial score (nSPS) is 32.1. The molecule has 126 valence electrons. The van der Waals surface area contributed by atoms with Crippen LogP contribution in [-0.2, 0) is 11.2 Å². The van der Waals surface area contributed by atoms with Crippen LogP contribution in [0.15, 0.2) is 24.3 Å². The van der Waals surface area contributed by atoms with Crippen molar-refractivity contribution in [2.24, 2.45) is 17.8 Å². The Bertz CT molecular complexity index is 549. The molecule has 0 spiro atoms. The molecule has 3 nitrogen and oxygen atoms in total. The number of carbonyl (C=O) groups is 1. The summed E-state index contributed by atoms with van der Waals surface area (Å²) in [4.78, 5) is 15.1. The Kier molecular flexibility index (Phi) is 4.98. The largest absolute Gasteiger partial charge is 0.333 e. The van der Waals surface area contributed by atoms with Gasteiger partial charge in [-0.25, -0.2) is 0 Å². The van der Waals surface area contributed by atoms with Gasteiger partial charge in [0.05, 0.1) is 6.04 Å². The lowest BCUT2D eigenvalue weighted by Gasteiger charge is -2.37. The minimum absolute atomic E-state index is 0. The maximum Gasteiger partial charge on any atom is 0.226 e. The van der Waals surface area contributed by atoms with E-state index in [0.717, 1.165) is 26.1 Å². The summed E-state index contributed by atoms with van der Waals surface area (Å²) in [6, 6.07) is 9.06. The highest BCUT2D eigenvalue weighted by Gasteiger charge is 2.58. The molecule has 1 aliphatic heterocycles. The predicted octanol–water partition coefficient (Wildman–Crippen LogP) is 3.19. The van der Waals surface area contributed by atoms with Gasteiger partial charge in [-0.1, -0.05) is 37.6 Å². The van der Waals surface area contributed by atoms with Crippen LogP contribution in [0.5, 0.6) is 0 Å². The first kappa shape index (κ1) is 16.8. The van der Waals surface area contributed by atoms with Gasteiger partial charge in [0.1, 0.15) is 0 Å². The van der Waals surface area contributed by atoms with Gasteiger partial charge >= 0.3 is 0 Å². The zero-order chi connectivity index (χ0) is 15.1. The van der Waals surface area contributed by atoms with Crippen LogP contribution in [0.2, 0.25) is 0 Å². The summed E-state index contributed by atoms with van der Waals surface area (Å²) in [5.74, 6) is 2.21. The van der Waals surface area contributed by atoms with Crippen molar-refractivity contribution in [3.8, 4) is 0 Å². The van der Waals surface area contributed by atoms with E-state index in [1.165, 1.54) is 30.4 Å². The zero-order valence-electron chi connectivity index (χ0n) is 13.8. The second-order valence-electron chi connectivity index (χ2n) is 7.13. The molecule has 2 aliphatic carbocycles. The van der Waals surface area contributed by atoms with Crippen molar-refractivity contribution in [1.82, 2.24) is 10.2 Å². The summed E-state index contributed by atoms with van der Waals surface area (Å²) in [5, 5.41) is 3.46. The van der Waals surface area contributed by atoms with E-state index in [2.05, 4.69) is 41.4 Å². The third kappa shape index (κ3) is 3.01. The minimum Gasteiger partial charge on any atom is -0.333 e. The van der Waals surface area contributed by atoms with Crippen LogP contribution >= 0.6 is 12.4 Å². The standard InChI is InChI=1S/C19H26N2O.ClH/c1-2-13-6-8-14(9-7-13)17-12-20-10-11-21(17)19(22)18-15-4-3-5-16(15)18;/h6-9,15-18,20H,2-5,10-12H2,1H3;1H. The number of nitrogens with zero attached hydrogens (tertiary/aromatic N) is 1. The third-order valence-electron chi connectivity index (χ3n) is 5.99. The average Bonchev–Trinajstić information content (AvgIpc) is 3.06. The molecular weight excluding hydrogens is 308 g/mol. The Morgan fingerprint density at radius 3 is 2.57 bits per heavy atom. The van der Waals surface area contributed by atoms with E-state index < -0.39 is 0 Å². The number of aryl methyl sites for hydroxylation is 1. The van der Waals surface area contributed by atoms with Gasteiger partial charge in [0.25, 0.3) is 0 Å². The first-order chi connectivity index (χ1) is 10.8. The molecule has 1 heterocycles. The number of halogens is 1. The van der Waals surface area contributed by atoms with Crippen molar-refractivity contribution in [3.05, 3.63) is 35.4 Å². The maximum atomic E-state index is 13.0. The Morgan fingerprint density at radius 1 is 1.22 bits per heavy atom. The highest BCUT2D eigenvalue weighted by molar-refractivity contribution is 5.85. The monoisotopic (exact) mass is 334 g/mol. The first-order valence-corrected chi connectivity index (χ1v) is 8.89. The van der Waals surface area contributed by atoms with Crippen molar-refractivity contribution in [2.75, 3.05) is 19.6 Å². The molecular formula is C19H27ClN2O. The molecule has 4 rings (SSSR count). The van der Waals surface area contributed by atoms with Crippen molar-refractivity contribution in [1.29, 1.82) is 0 Å². The summed E-state index contributed by atoms with van der Waals surface area (Å²) in [6.45, 7) is 4.85. The second-order valence-corrected chi connectivity index (χ2v) is 7.13. The Balaban J connectivity index is 0.00000156. The van der Waals surface area contributed by atoms with Crippen molar-refractivity contribution >= 4 is 18.3 Å². The SMILES string of the molecule is CCc1ccc(C2CNCCN2C(=O)C2C3CCCC32)cc1.Cl. The van der Waals surface area contributed by atoms with Crippen LogP contribution in [0.4, 0.5) is 0 Å². The molecule has 1 saturated heterocycles. The lowest BCUT2D eigenvalue weighted by molar-refractivity contribution is -0.136. The van der Waals surface area contributed by atoms with Gasteiger partial charge in [-0.05, 0) is 42.2 Å². The van der Waals surface area contributed by atoms with E-state index in [4.69, 9.17) is 0 Å². The topological polar surface area (TPSA) is 32.3 Å². The van der Waals surface area contributed by atoms with Gasteiger partial charge in [-0.15, -0.1) is 12.4 Å². The van der Waals surface area contributed by atoms with E-state index in [0.29, 0.717) is 23.7 Å². The number of amides is 1. The van der Waals surface area contributed by atoms with Crippen LogP contribution in [0, 0.1) is 17.8 Å². The molecule has 1 aromatic rings. The number of rotatable bonds is 3. The van der Waals surface area contributed by atoms with Crippen LogP contribution in [0.1, 0.15) is 43.4 Å². The fourth-order valence-corrected chi connectivity index (χ4v) is 4.62. The quantitative estimate of drug-likeness (QED) is 0.920. The first-order valence-electron chi connectivity index (χ1n) is 8.89. The van der Waals surface area contributed by atoms with E-state index in [9.17, 15) is 4.79 Å². The van der Waals surface area contributed by atoms with Crippen LogP contribution < -0.4 is 5.32 Å². The Labute approximate surface area is 145 Å². The predicted molar refractivity (Wildman–Crippen MR) is 94.7 cm³/mol. The number of nitrogens with one attached hydrogen (secondary N) is 1. The van der Waals surface area contributed by atoms with Gasteiger partial charge in [-0.3, -0.25) is 4.79 Å². The average molecular weight is 335 g/mol. The van der Waals surface area contributed by atoms with Gasteiger partial charge in [0, 0.05) is 25.6 Å². The van der Waals surface area contributed by atoms with E-state index in [-0.39, 0.29) is 18.4 Å². The molecule has 0 bridgehead atoms. The molecule has 3 atom stereocenters. The van der Waals surface area contributed by atoms with Crippen LogP contribution in [0.3, 0.4) is 0 Å². The highest BCUT2D eigenvalue weighted by Crippen LogP contribution is 2.58. The molecule has 4 heteroatoms. The Hall–Kier alpha value is -1.06. The molecule has 2 saturated carbocycles. The lowest BCUT2D eigenvalue weighted by atomic mass is 9.99. The maximum absolute atomic E-state index is 13.0. The smallest absolute Gasteiger partial charge is 0.226 e. The Morgan fingerprint density at radius 2 is 1.91 bits per heavy atom. The van der Waals surface area contributed by atoms with Gasteiger partial charge in [0.2, 0.25) is 5.91 Å². The number of benzene rings is 1. The molecule has 1 amide bonds. The molecule has 3 unspecified atom stereocenters. The fraction of sp³-hybridized carbons (Fsp3) is 0.632. The molecule has 1 aromatic carbocycles. The summed E-state index contributed by atoms with van der Waals surface area (Å²) >= 11 is 0. The number of piperazine rings is 1. The van der Waals surface area contributed by atoms with Crippen LogP contribution in [0.25, 0.3) is 0 Å². The van der Waals surface area contributed by atoms with E-state index in [1.54, 1.807) is 0 Å². The number of fused-ring (bicyclic) bond motifs is 1. The second kappa shape index (κ2) is 6.82. The van der Waals surface area contributed by atoms with Gasteiger partial charge in [0.15, 0.2) is 0 Å². The lowest BCUT2D eigenvalue weighted by Crippen LogP contribution is -2.49. The van der Waals surface area contributed by atoms with Crippen molar-refractivity contribution < 1.29 is 4.79 Å². The summed E-state index contributed by atoms with van der Waals surface area (Å²) in [5.41, 5.74) is 2.64. The summed E-state index contributed by atoms with van der Waals surface area (Å²) in [7, 11) is 0. The molecule has 1 N–H and O–H groups in total. The van der Waals surface area contributed by atoms with E-state index >= 15 is 0 Å². The number of carbonyl (C=O) groups excluding carboxylic acids is 1. The minimum atomic E-state index is 0. The van der Waals surface area contributed by atoms with Gasteiger partial charge in [-0.2, -0.15) is 0 Å². The highest BCUT2D eigenvalue weighted by atomic mass is 35.5. The fourth-order valence-electron chi connectivity index (χ4n) is 4.62. The molecule has 0 aromatic heterocycles. The molecule has 3 fully saturated rings. The zero-order valence-corrected chi connectivity index (χ0v) is 14.6. The molecule has 23 heavy (non-hydrogen) atoms. The third-order valence-corrected chi connectivity index (χ3v) is 5.99. The number of hydrogen-bond donors (Lipinski definition) is 1. The van der Waals surface area contributed by atoms with Crippen molar-refractivity contribution in [2.45, 2.75) is 38.6 Å². The van der Waals surface area contributed by atoms with Crippen LogP contribution in [-0.4, -0.2) is 30.4 Å². The van der Waals surface area contributed by atoms with Crippen molar-refractivity contribution in [3.63, 3.8) is 0 Å². The molecule has 3 aliphatic rings. The summed E-state index contributed by atoms with van der Waals surface area (Å²) in [6.07, 6.45) is 4.96. The van der Waals surface area contributed by atoms with Gasteiger partial charge < -0.3 is 10.2 Å². The van der Waals surface area contributed by atoms with E-state index in [1.807, 2.05) is 0 Å². The molecule has 0 radical (unpaired) electrons.